The van der Waals surface area contributed by atoms with Crippen molar-refractivity contribution in [1.82, 2.24) is 15.2 Å². The van der Waals surface area contributed by atoms with Gasteiger partial charge in [-0.2, -0.15) is 13.2 Å². The number of amides is 1. The Kier molecular flexibility index (Phi) is 7.41. The molecule has 1 aliphatic heterocycles. The van der Waals surface area contributed by atoms with Crippen LogP contribution in [0.1, 0.15) is 84.7 Å². The molecular formula is C27H32F3N3O3. The zero-order chi connectivity index (χ0) is 26.1. The van der Waals surface area contributed by atoms with Crippen molar-refractivity contribution < 1.29 is 27.9 Å². The Bertz CT molecular complexity index is 1110. The molecule has 194 valence electrons. The highest BCUT2D eigenvalue weighted by Crippen LogP contribution is 2.39. The average Bonchev–Trinajstić information content (AvgIpc) is 3.20. The van der Waals surface area contributed by atoms with Crippen molar-refractivity contribution in [1.29, 1.82) is 0 Å². The van der Waals surface area contributed by atoms with Crippen LogP contribution in [-0.2, 0) is 24.1 Å². The van der Waals surface area contributed by atoms with Crippen molar-refractivity contribution in [3.05, 3.63) is 64.5 Å². The Labute approximate surface area is 208 Å². The topological polar surface area (TPSA) is 82.5 Å². The number of halogens is 3. The first kappa shape index (κ1) is 26.1. The summed E-state index contributed by atoms with van der Waals surface area (Å²) in [6.07, 6.45) is 0.962. The summed E-state index contributed by atoms with van der Waals surface area (Å²) in [5.41, 5.74) is 1.32. The predicted molar refractivity (Wildman–Crippen MR) is 128 cm³/mol. The molecule has 2 aliphatic rings. The lowest BCUT2D eigenvalue weighted by Gasteiger charge is -2.33. The SMILES string of the molecule is CC(C)C1c2ncc(C(=O)NCC3(C(=O)O)CCCCC3)cc2CN1Cc1ccc(C(F)(F)F)cc1. The smallest absolute Gasteiger partial charge is 0.416 e. The molecule has 1 aromatic carbocycles. The molecule has 1 fully saturated rings. The number of hydrogen-bond acceptors (Lipinski definition) is 4. The van der Waals surface area contributed by atoms with Gasteiger partial charge in [-0.15, -0.1) is 0 Å². The Balaban J connectivity index is 1.47. The number of aliphatic carboxylic acids is 1. The summed E-state index contributed by atoms with van der Waals surface area (Å²) in [5, 5.41) is 12.6. The fourth-order valence-electron chi connectivity index (χ4n) is 5.50. The van der Waals surface area contributed by atoms with Gasteiger partial charge in [0.2, 0.25) is 0 Å². The van der Waals surface area contributed by atoms with Gasteiger partial charge >= 0.3 is 12.1 Å². The standard InChI is InChI=1S/C27H32F3N3O3/c1-17(2)23-22-20(15-33(23)14-18-6-8-21(9-7-18)27(28,29)30)12-19(13-31-22)24(34)32-16-26(25(35)36)10-4-3-5-11-26/h6-9,12-13,17,23H,3-5,10-11,14-16H2,1-2H3,(H,32,34)(H,35,36). The molecule has 1 aliphatic carbocycles. The van der Waals surface area contributed by atoms with Gasteiger partial charge in [-0.25, -0.2) is 0 Å². The van der Waals surface area contributed by atoms with Gasteiger partial charge in [0.05, 0.1) is 28.3 Å². The second-order valence-corrected chi connectivity index (χ2v) is 10.4. The maximum Gasteiger partial charge on any atom is 0.416 e. The Morgan fingerprint density at radius 3 is 2.42 bits per heavy atom. The van der Waals surface area contributed by atoms with Crippen LogP contribution in [0.2, 0.25) is 0 Å². The third-order valence-electron chi connectivity index (χ3n) is 7.46. The van der Waals surface area contributed by atoms with Gasteiger partial charge in [0.25, 0.3) is 5.91 Å². The van der Waals surface area contributed by atoms with Crippen molar-refractivity contribution in [2.45, 2.75) is 71.3 Å². The Morgan fingerprint density at radius 2 is 1.83 bits per heavy atom. The molecule has 1 unspecified atom stereocenters. The molecular weight excluding hydrogens is 471 g/mol. The number of nitrogens with zero attached hydrogens (tertiary/aromatic N) is 2. The van der Waals surface area contributed by atoms with Crippen LogP contribution in [0.25, 0.3) is 0 Å². The fraction of sp³-hybridized carbons (Fsp3) is 0.519. The van der Waals surface area contributed by atoms with Crippen molar-refractivity contribution in [2.75, 3.05) is 6.54 Å². The number of rotatable bonds is 7. The first-order valence-corrected chi connectivity index (χ1v) is 12.4. The van der Waals surface area contributed by atoms with E-state index >= 15 is 0 Å². The second kappa shape index (κ2) is 10.2. The highest BCUT2D eigenvalue weighted by Gasteiger charge is 2.40. The van der Waals surface area contributed by atoms with E-state index in [0.717, 1.165) is 48.2 Å². The molecule has 0 spiro atoms. The van der Waals surface area contributed by atoms with Crippen molar-refractivity contribution in [3.8, 4) is 0 Å². The van der Waals surface area contributed by atoms with Crippen molar-refractivity contribution >= 4 is 11.9 Å². The van der Waals surface area contributed by atoms with Crippen LogP contribution >= 0.6 is 0 Å². The molecule has 2 heterocycles. The number of carbonyl (C=O) groups excluding carboxylic acids is 1. The number of aromatic nitrogens is 1. The van der Waals surface area contributed by atoms with Gasteiger partial charge in [0, 0.05) is 25.8 Å². The molecule has 0 saturated heterocycles. The van der Waals surface area contributed by atoms with Gasteiger partial charge < -0.3 is 10.4 Å². The number of nitrogens with one attached hydrogen (secondary N) is 1. The maximum atomic E-state index is 12.9. The lowest BCUT2D eigenvalue weighted by molar-refractivity contribution is -0.150. The van der Waals surface area contributed by atoms with E-state index in [1.165, 1.54) is 18.3 Å². The number of benzene rings is 1. The second-order valence-electron chi connectivity index (χ2n) is 10.4. The zero-order valence-electron chi connectivity index (χ0n) is 20.6. The van der Waals surface area contributed by atoms with E-state index in [2.05, 4.69) is 29.0 Å². The van der Waals surface area contributed by atoms with E-state index in [9.17, 15) is 27.9 Å². The molecule has 9 heteroatoms. The summed E-state index contributed by atoms with van der Waals surface area (Å²) in [7, 11) is 0. The molecule has 4 rings (SSSR count). The number of alkyl halides is 3. The number of carboxylic acids is 1. The van der Waals surface area contributed by atoms with Gasteiger partial charge in [-0.05, 0) is 48.1 Å². The van der Waals surface area contributed by atoms with Crippen LogP contribution < -0.4 is 5.32 Å². The Hall–Kier alpha value is -2.94. The first-order valence-electron chi connectivity index (χ1n) is 12.4. The largest absolute Gasteiger partial charge is 0.481 e. The monoisotopic (exact) mass is 503 g/mol. The van der Waals surface area contributed by atoms with E-state index < -0.39 is 23.1 Å². The van der Waals surface area contributed by atoms with Crippen LogP contribution in [0.3, 0.4) is 0 Å². The third-order valence-corrected chi connectivity index (χ3v) is 7.46. The molecule has 2 aromatic rings. The summed E-state index contributed by atoms with van der Waals surface area (Å²) in [6.45, 7) is 5.20. The number of carbonyl (C=O) groups is 2. The number of hydrogen-bond donors (Lipinski definition) is 2. The zero-order valence-corrected chi connectivity index (χ0v) is 20.6. The first-order chi connectivity index (χ1) is 17.0. The number of carboxylic acid groups (broad SMARTS) is 1. The molecule has 0 radical (unpaired) electrons. The molecule has 36 heavy (non-hydrogen) atoms. The normalized spacial score (nSPS) is 19.8. The highest BCUT2D eigenvalue weighted by molar-refractivity contribution is 5.94. The van der Waals surface area contributed by atoms with E-state index in [0.29, 0.717) is 31.5 Å². The van der Waals surface area contributed by atoms with Gasteiger partial charge in [-0.3, -0.25) is 19.5 Å². The molecule has 2 N–H and O–H groups in total. The van der Waals surface area contributed by atoms with Crippen molar-refractivity contribution in [2.24, 2.45) is 11.3 Å². The summed E-state index contributed by atoms with van der Waals surface area (Å²) in [4.78, 5) is 31.6. The summed E-state index contributed by atoms with van der Waals surface area (Å²) >= 11 is 0. The quantitative estimate of drug-likeness (QED) is 0.516. The minimum atomic E-state index is -4.37. The van der Waals surface area contributed by atoms with E-state index in [1.54, 1.807) is 6.07 Å². The van der Waals surface area contributed by atoms with Gasteiger partial charge in [0.15, 0.2) is 0 Å². The number of fused-ring (bicyclic) bond motifs is 1. The molecule has 0 bridgehead atoms. The van der Waals surface area contributed by atoms with E-state index in [-0.39, 0.29) is 24.4 Å². The fourth-order valence-corrected chi connectivity index (χ4v) is 5.50. The van der Waals surface area contributed by atoms with Crippen LogP contribution in [-0.4, -0.2) is 33.4 Å². The van der Waals surface area contributed by atoms with E-state index in [4.69, 9.17) is 0 Å². The van der Waals surface area contributed by atoms with Crippen LogP contribution in [0.15, 0.2) is 36.5 Å². The van der Waals surface area contributed by atoms with Crippen LogP contribution in [0.5, 0.6) is 0 Å². The van der Waals surface area contributed by atoms with E-state index in [1.807, 2.05) is 0 Å². The number of pyridine rings is 1. The Morgan fingerprint density at radius 1 is 1.17 bits per heavy atom. The van der Waals surface area contributed by atoms with Crippen LogP contribution in [0, 0.1) is 11.3 Å². The minimum Gasteiger partial charge on any atom is -0.481 e. The van der Waals surface area contributed by atoms with Crippen molar-refractivity contribution in [3.63, 3.8) is 0 Å². The van der Waals surface area contributed by atoms with Gasteiger partial charge in [0.1, 0.15) is 0 Å². The lowest BCUT2D eigenvalue weighted by Crippen LogP contribution is -2.44. The summed E-state index contributed by atoms with van der Waals surface area (Å²) in [6, 6.07) is 6.96. The summed E-state index contributed by atoms with van der Waals surface area (Å²) in [5.74, 6) is -1.01. The lowest BCUT2D eigenvalue weighted by atomic mass is 9.74. The molecule has 1 amide bonds. The molecule has 1 saturated carbocycles. The highest BCUT2D eigenvalue weighted by atomic mass is 19.4. The molecule has 1 aromatic heterocycles. The molecule has 1 atom stereocenters. The minimum absolute atomic E-state index is 0.0306. The average molecular weight is 504 g/mol. The predicted octanol–water partition coefficient (Wildman–Crippen LogP) is 5.58. The maximum absolute atomic E-state index is 12.9. The summed E-state index contributed by atoms with van der Waals surface area (Å²) < 4.78 is 38.7. The van der Waals surface area contributed by atoms with Crippen LogP contribution in [0.4, 0.5) is 13.2 Å². The third kappa shape index (κ3) is 5.40. The molecule has 6 nitrogen and oxygen atoms in total. The van der Waals surface area contributed by atoms with Gasteiger partial charge in [-0.1, -0.05) is 45.2 Å².